The normalized spacial score (nSPS) is 20.1. The van der Waals surface area contributed by atoms with Crippen molar-refractivity contribution in [3.05, 3.63) is 245 Å². The molecule has 0 saturated heterocycles. The summed E-state index contributed by atoms with van der Waals surface area (Å²) in [5.74, 6) is 0.480. The Hall–Kier alpha value is -8.80. The third kappa shape index (κ3) is 9.45. The lowest BCUT2D eigenvalue weighted by Gasteiger charge is -2.27. The molecular weight excluding hydrogens is 1010 g/mol. The van der Waals surface area contributed by atoms with Crippen LogP contribution >= 0.6 is 0 Å². The van der Waals surface area contributed by atoms with Crippen molar-refractivity contribution >= 4 is 32.8 Å². The first-order valence-corrected chi connectivity index (χ1v) is 27.1. The molecule has 0 saturated carbocycles. The second kappa shape index (κ2) is 19.7. The zero-order valence-electron chi connectivity index (χ0n) is 75.3. The van der Waals surface area contributed by atoms with Crippen molar-refractivity contribution in [3.8, 4) is 73.2 Å². The Morgan fingerprint density at radius 2 is 1.27 bits per heavy atom. The summed E-state index contributed by atoms with van der Waals surface area (Å²) >= 11 is 0. The number of fused-ring (bicyclic) bond motifs is 5. The van der Waals surface area contributed by atoms with Gasteiger partial charge in [0.25, 0.3) is 6.33 Å². The van der Waals surface area contributed by atoms with Gasteiger partial charge in [-0.25, -0.2) is 4.98 Å². The molecule has 13 rings (SSSR count). The molecule has 0 radical (unpaired) electrons. The first-order chi connectivity index (χ1) is 51.6. The highest BCUT2D eigenvalue weighted by Crippen LogP contribution is 2.51. The Balaban J connectivity index is 1.11. The highest BCUT2D eigenvalue weighted by Gasteiger charge is 2.42. The molecule has 12 aromatic rings. The molecule has 0 amide bonds. The number of ether oxygens (including phenoxy) is 1. The van der Waals surface area contributed by atoms with Crippen LogP contribution in [0.2, 0.25) is 0 Å². The zero-order chi connectivity index (χ0) is 82.4. The minimum Gasteiger partial charge on any atom is -0.458 e. The molecule has 3 aromatic heterocycles. The van der Waals surface area contributed by atoms with E-state index in [2.05, 4.69) is 6.33 Å². The van der Waals surface area contributed by atoms with Crippen molar-refractivity contribution in [3.63, 3.8) is 0 Å². The lowest BCUT2D eigenvalue weighted by atomic mass is 9.80. The van der Waals surface area contributed by atoms with Gasteiger partial charge in [0.05, 0.1) is 44.4 Å². The van der Waals surface area contributed by atoms with Crippen molar-refractivity contribution in [2.75, 3.05) is 0 Å². The maximum absolute atomic E-state index is 10.5. The van der Waals surface area contributed by atoms with Crippen molar-refractivity contribution < 1.29 is 49.1 Å². The number of nitrogens with zero attached hydrogens (tertiary/aromatic N) is 4. The Bertz CT molecular complexity index is 5780. The summed E-state index contributed by atoms with van der Waals surface area (Å²) < 4.78 is 272. The Labute approximate surface area is 531 Å². The molecule has 5 heteroatoms. The monoisotopic (exact) mass is 1110 g/mol. The average Bonchev–Trinajstić information content (AvgIpc) is 1.49. The van der Waals surface area contributed by atoms with E-state index in [0.29, 0.717) is 38.5 Å². The van der Waals surface area contributed by atoms with Crippen LogP contribution in [0.1, 0.15) is 154 Å². The largest absolute Gasteiger partial charge is 0.458 e. The number of aryl methyl sites for hydroxylation is 3. The first-order valence-electron chi connectivity index (χ1n) is 41.6. The summed E-state index contributed by atoms with van der Waals surface area (Å²) in [5.41, 5.74) is -8.89. The zero-order valence-corrected chi connectivity index (χ0v) is 46.3. The molecule has 5 nitrogen and oxygen atoms in total. The molecule has 0 fully saturated rings. The van der Waals surface area contributed by atoms with Gasteiger partial charge in [-0.15, -0.1) is 0 Å². The topological polar surface area (TPSA) is 35.9 Å². The summed E-state index contributed by atoms with van der Waals surface area (Å²) in [6, 6.07) is 33.4. The van der Waals surface area contributed by atoms with Gasteiger partial charge in [-0.1, -0.05) is 208 Å². The fraction of sp³-hybridized carbons (Fsp3) is 0.231. The molecule has 412 valence electrons. The predicted molar refractivity (Wildman–Crippen MR) is 346 cm³/mol. The molecule has 0 N–H and O–H groups in total. The average molecular weight is 1110 g/mol. The van der Waals surface area contributed by atoms with E-state index in [-0.39, 0.29) is 84.2 Å². The minimum atomic E-state index is -3.82. The molecule has 0 spiro atoms. The number of pyridine rings is 1. The quantitative estimate of drug-likeness (QED) is 0.107. The SMILES string of the molecule is [2H]c1c([2H])c([2H])c(-c2cnc(-n3c4ccccc4c4ccc(Oc5cccc(-n6[c-][n+](-c7c(-c8cccc(C(C)(C)C)c8)cc(C(C)(C)C)cc7-c7c([2H])c([2H])c8c(c7[2H])C(C([2H])([2H])[2H])(C([2H])([2H])[2H])CC8(C([2H])([2H])[2H])C([2H])([2H])[2H])c7ccc(-c8c(C([2H])([2H])[2H])cccc8C([2H])([2H])[2H])cc76)c5)cc43)cc2C([2H])([2H])[2H])c([2H])c1[2H]. The Kier molecular flexibility index (Phi) is 7.11. The van der Waals surface area contributed by atoms with Crippen molar-refractivity contribution in [2.45, 2.75) is 118 Å². The Morgan fingerprint density at radius 1 is 0.554 bits per heavy atom. The highest BCUT2D eigenvalue weighted by molar-refractivity contribution is 6.09. The van der Waals surface area contributed by atoms with Gasteiger partial charge in [-0.2, -0.15) is 0 Å². The van der Waals surface area contributed by atoms with Crippen LogP contribution < -0.4 is 9.30 Å². The number of para-hydroxylation sites is 1. The molecule has 1 aliphatic carbocycles. The van der Waals surface area contributed by atoms with Crippen molar-refractivity contribution in [1.29, 1.82) is 0 Å². The van der Waals surface area contributed by atoms with Crippen LogP contribution in [0.3, 0.4) is 0 Å². The van der Waals surface area contributed by atoms with Gasteiger partial charge >= 0.3 is 0 Å². The standard InChI is InChI=1S/C78H74N4O/c1-49-22-19-23-50(2)73(49)55-33-37-69-71(41-55)80(58-28-21-29-59(44-58)83-60-34-35-62-61-30-17-18-31-68(61)82(70(62)45-60)72-38-51(3)65(46-79-72)52-24-15-14-16-25-52)48-81(69)74-63(53-26-20-27-56(39-53)75(4,5)6)42-57(76(7,8)9)43-64(74)54-32-36-66-67(40-54)78(12,13)47-77(66,10)11/h14-46H,47H2,1-13H3/i1D3,2D3,3D3,10D3,11D3,12D3,13D3,14D,15D,16D,24D,25D,32D,36D,40D. The predicted octanol–water partition coefficient (Wildman–Crippen LogP) is 20.1. The van der Waals surface area contributed by atoms with Crippen molar-refractivity contribution in [1.82, 2.24) is 14.1 Å². The number of imidazole rings is 1. The second-order valence-corrected chi connectivity index (χ2v) is 23.4. The minimum absolute atomic E-state index is 0.0348. The number of hydrogen-bond donors (Lipinski definition) is 0. The molecule has 0 aliphatic heterocycles. The van der Waals surface area contributed by atoms with E-state index >= 15 is 0 Å². The van der Waals surface area contributed by atoms with E-state index in [1.54, 1.807) is 88.0 Å². The van der Waals surface area contributed by atoms with E-state index in [4.69, 9.17) is 45.4 Å². The maximum atomic E-state index is 10.5. The third-order valence-electron chi connectivity index (χ3n) is 15.6. The molecular formula is C78H74N4O. The van der Waals surface area contributed by atoms with E-state index in [1.165, 1.54) is 41.1 Å². The number of rotatable bonds is 9. The summed E-state index contributed by atoms with van der Waals surface area (Å²) in [5, 5.41) is 1.38. The summed E-state index contributed by atoms with van der Waals surface area (Å²) in [4.78, 5) is 4.71. The van der Waals surface area contributed by atoms with Crippen LogP contribution in [0, 0.1) is 26.9 Å². The molecule has 0 atom stereocenters. The van der Waals surface area contributed by atoms with Crippen LogP contribution in [0.5, 0.6) is 11.5 Å². The number of hydrogen-bond acceptors (Lipinski definition) is 2. The molecule has 0 bridgehead atoms. The van der Waals surface area contributed by atoms with Gasteiger partial charge in [-0.05, 0) is 175 Å². The van der Waals surface area contributed by atoms with Crippen LogP contribution in [-0.4, -0.2) is 14.1 Å². The van der Waals surface area contributed by atoms with E-state index in [0.717, 1.165) is 5.56 Å². The van der Waals surface area contributed by atoms with E-state index < -0.39 is 141 Å². The van der Waals surface area contributed by atoms with Gasteiger partial charge in [0.15, 0.2) is 0 Å². The van der Waals surface area contributed by atoms with Gasteiger partial charge in [0.2, 0.25) is 0 Å². The molecule has 1 aliphatic rings. The molecule has 9 aromatic carbocycles. The van der Waals surface area contributed by atoms with Crippen LogP contribution in [0.25, 0.3) is 94.5 Å². The number of aromatic nitrogens is 4. The van der Waals surface area contributed by atoms with Crippen LogP contribution in [0.4, 0.5) is 0 Å². The van der Waals surface area contributed by atoms with Crippen molar-refractivity contribution in [2.24, 2.45) is 0 Å². The summed E-state index contributed by atoms with van der Waals surface area (Å²) in [6.07, 6.45) is 3.03. The fourth-order valence-electron chi connectivity index (χ4n) is 11.3. The van der Waals surface area contributed by atoms with Crippen LogP contribution in [0.15, 0.2) is 200 Å². The lowest BCUT2D eigenvalue weighted by Crippen LogP contribution is -2.32. The van der Waals surface area contributed by atoms with E-state index in [9.17, 15) is 4.11 Å². The second-order valence-electron chi connectivity index (χ2n) is 23.4. The van der Waals surface area contributed by atoms with E-state index in [1.807, 2.05) is 77.9 Å². The first kappa shape index (κ1) is 30.0. The van der Waals surface area contributed by atoms with Gasteiger partial charge in [0.1, 0.15) is 17.3 Å². The fourth-order valence-corrected chi connectivity index (χ4v) is 11.3. The molecule has 3 heterocycles. The third-order valence-corrected chi connectivity index (χ3v) is 15.6. The van der Waals surface area contributed by atoms with Gasteiger partial charge in [0, 0.05) is 57.4 Å². The smallest absolute Gasteiger partial charge is 0.269 e. The number of benzene rings is 9. The van der Waals surface area contributed by atoms with Gasteiger partial charge in [-0.3, -0.25) is 13.7 Å². The lowest BCUT2D eigenvalue weighted by molar-refractivity contribution is -0.571. The summed E-state index contributed by atoms with van der Waals surface area (Å²) in [7, 11) is 0. The Morgan fingerprint density at radius 3 is 2.02 bits per heavy atom. The molecule has 83 heavy (non-hydrogen) atoms. The van der Waals surface area contributed by atoms with Gasteiger partial charge < -0.3 is 4.74 Å². The highest BCUT2D eigenvalue weighted by atomic mass is 16.5. The van der Waals surface area contributed by atoms with Crippen LogP contribution in [-0.2, 0) is 21.7 Å². The maximum Gasteiger partial charge on any atom is 0.269 e. The summed E-state index contributed by atoms with van der Waals surface area (Å²) in [6.45, 7) is -12.3. The molecule has 0 unspecified atom stereocenters.